The molecular formula is C17H18N2O5. The second kappa shape index (κ2) is 7.45. The number of hydrogen-bond acceptors (Lipinski definition) is 5. The summed E-state index contributed by atoms with van der Waals surface area (Å²) < 4.78 is 10.2. The molecule has 0 aliphatic carbocycles. The van der Waals surface area contributed by atoms with E-state index in [0.29, 0.717) is 17.0 Å². The molecule has 1 heterocycles. The van der Waals surface area contributed by atoms with E-state index in [4.69, 9.17) is 9.47 Å². The predicted molar refractivity (Wildman–Crippen MR) is 87.3 cm³/mol. The SMILES string of the molecule is COc1cccc(NC(=O)[C@@H](C)OC(=O)c2cc(C(C)=O)c[nH]2)c1. The molecule has 1 aromatic heterocycles. The number of Topliss-reactive ketones (excluding diaryl/α,β-unsaturated/α-hetero) is 1. The van der Waals surface area contributed by atoms with Crippen LogP contribution in [0, 0.1) is 0 Å². The molecule has 0 unspecified atom stereocenters. The van der Waals surface area contributed by atoms with Crippen molar-refractivity contribution in [2.45, 2.75) is 20.0 Å². The zero-order chi connectivity index (χ0) is 17.7. The summed E-state index contributed by atoms with van der Waals surface area (Å²) in [5, 5.41) is 2.64. The number of hydrogen-bond donors (Lipinski definition) is 2. The van der Waals surface area contributed by atoms with Gasteiger partial charge in [-0.15, -0.1) is 0 Å². The molecule has 1 atom stereocenters. The van der Waals surface area contributed by atoms with Gasteiger partial charge in [-0.05, 0) is 32.0 Å². The molecule has 7 nitrogen and oxygen atoms in total. The van der Waals surface area contributed by atoms with Gasteiger partial charge in [0.25, 0.3) is 5.91 Å². The number of esters is 1. The quantitative estimate of drug-likeness (QED) is 0.626. The van der Waals surface area contributed by atoms with Crippen LogP contribution in [0.4, 0.5) is 5.69 Å². The highest BCUT2D eigenvalue weighted by Gasteiger charge is 2.20. The average molecular weight is 330 g/mol. The minimum Gasteiger partial charge on any atom is -0.497 e. The number of amides is 1. The van der Waals surface area contributed by atoms with Crippen LogP contribution >= 0.6 is 0 Å². The standard InChI is InChI=1S/C17H18N2O5/c1-10(20)12-7-15(18-9-12)17(22)24-11(2)16(21)19-13-5-4-6-14(8-13)23-3/h4-9,11,18H,1-3H3,(H,19,21)/t11-/m1/s1. The number of aromatic amines is 1. The Labute approximate surface area is 139 Å². The lowest BCUT2D eigenvalue weighted by atomic mass is 10.2. The molecule has 0 aliphatic heterocycles. The molecule has 24 heavy (non-hydrogen) atoms. The molecule has 0 spiro atoms. The Morgan fingerprint density at radius 2 is 1.96 bits per heavy atom. The van der Waals surface area contributed by atoms with E-state index in [2.05, 4.69) is 10.3 Å². The maximum absolute atomic E-state index is 12.1. The molecule has 2 rings (SSSR count). The number of carbonyl (C=O) groups excluding carboxylic acids is 3. The Hall–Kier alpha value is -3.09. The van der Waals surface area contributed by atoms with Gasteiger partial charge >= 0.3 is 5.97 Å². The van der Waals surface area contributed by atoms with Crippen molar-refractivity contribution in [2.75, 3.05) is 12.4 Å². The van der Waals surface area contributed by atoms with Crippen LogP contribution in [0.25, 0.3) is 0 Å². The zero-order valence-corrected chi connectivity index (χ0v) is 13.6. The fraction of sp³-hybridized carbons (Fsp3) is 0.235. The summed E-state index contributed by atoms with van der Waals surface area (Å²) in [6.07, 6.45) is 0.410. The number of rotatable bonds is 6. The third kappa shape index (κ3) is 4.22. The maximum Gasteiger partial charge on any atom is 0.355 e. The second-order valence-electron chi connectivity index (χ2n) is 5.13. The van der Waals surface area contributed by atoms with Crippen LogP contribution < -0.4 is 10.1 Å². The minimum atomic E-state index is -1.01. The van der Waals surface area contributed by atoms with Gasteiger partial charge in [-0.3, -0.25) is 9.59 Å². The third-order valence-corrected chi connectivity index (χ3v) is 3.30. The van der Waals surface area contributed by atoms with E-state index in [1.807, 2.05) is 0 Å². The van der Waals surface area contributed by atoms with Crippen LogP contribution in [0.5, 0.6) is 5.75 Å². The van der Waals surface area contributed by atoms with Crippen molar-refractivity contribution in [2.24, 2.45) is 0 Å². The normalized spacial score (nSPS) is 11.5. The van der Waals surface area contributed by atoms with E-state index in [0.717, 1.165) is 0 Å². The summed E-state index contributed by atoms with van der Waals surface area (Å²) in [6.45, 7) is 2.85. The van der Waals surface area contributed by atoms with Crippen LogP contribution in [0.1, 0.15) is 34.7 Å². The van der Waals surface area contributed by atoms with Gasteiger partial charge in [-0.2, -0.15) is 0 Å². The van der Waals surface area contributed by atoms with Crippen molar-refractivity contribution >= 4 is 23.3 Å². The fourth-order valence-electron chi connectivity index (χ4n) is 1.94. The first-order chi connectivity index (χ1) is 11.4. The summed E-state index contributed by atoms with van der Waals surface area (Å²) in [5.74, 6) is -0.763. The molecular weight excluding hydrogens is 312 g/mol. The van der Waals surface area contributed by atoms with Gasteiger partial charge in [0, 0.05) is 23.5 Å². The molecule has 1 aromatic carbocycles. The second-order valence-corrected chi connectivity index (χ2v) is 5.13. The third-order valence-electron chi connectivity index (χ3n) is 3.30. The molecule has 7 heteroatoms. The van der Waals surface area contributed by atoms with Gasteiger partial charge < -0.3 is 19.8 Å². The van der Waals surface area contributed by atoms with E-state index < -0.39 is 18.0 Å². The number of aromatic nitrogens is 1. The first-order valence-electron chi connectivity index (χ1n) is 7.26. The Morgan fingerprint density at radius 3 is 2.58 bits per heavy atom. The summed E-state index contributed by atoms with van der Waals surface area (Å²) >= 11 is 0. The summed E-state index contributed by atoms with van der Waals surface area (Å²) in [5.41, 5.74) is 1.01. The Morgan fingerprint density at radius 1 is 1.21 bits per heavy atom. The molecule has 126 valence electrons. The Kier molecular flexibility index (Phi) is 5.36. The molecule has 1 amide bonds. The van der Waals surface area contributed by atoms with Crippen molar-refractivity contribution in [1.82, 2.24) is 4.98 Å². The Balaban J connectivity index is 1.97. The van der Waals surface area contributed by atoms with Gasteiger partial charge in [0.05, 0.1) is 7.11 Å². The number of ether oxygens (including phenoxy) is 2. The van der Waals surface area contributed by atoms with Crippen molar-refractivity contribution in [3.8, 4) is 5.75 Å². The summed E-state index contributed by atoms with van der Waals surface area (Å²) in [6, 6.07) is 8.21. The number of anilines is 1. The zero-order valence-electron chi connectivity index (χ0n) is 13.6. The number of H-pyrrole nitrogens is 1. The average Bonchev–Trinajstić information content (AvgIpc) is 3.05. The molecule has 2 aromatic rings. The topological polar surface area (TPSA) is 97.5 Å². The lowest BCUT2D eigenvalue weighted by molar-refractivity contribution is -0.123. The largest absolute Gasteiger partial charge is 0.497 e. The summed E-state index contributed by atoms with van der Waals surface area (Å²) in [7, 11) is 1.52. The smallest absolute Gasteiger partial charge is 0.355 e. The number of nitrogens with one attached hydrogen (secondary N) is 2. The van der Waals surface area contributed by atoms with Crippen molar-refractivity contribution in [3.05, 3.63) is 47.8 Å². The van der Waals surface area contributed by atoms with Crippen molar-refractivity contribution in [1.29, 1.82) is 0 Å². The van der Waals surface area contributed by atoms with Crippen molar-refractivity contribution in [3.63, 3.8) is 0 Å². The van der Waals surface area contributed by atoms with Gasteiger partial charge in [0.2, 0.25) is 0 Å². The van der Waals surface area contributed by atoms with Gasteiger partial charge in [-0.25, -0.2) is 4.79 Å². The van der Waals surface area contributed by atoms with Gasteiger partial charge in [0.1, 0.15) is 11.4 Å². The molecule has 2 N–H and O–H groups in total. The lowest BCUT2D eigenvalue weighted by Crippen LogP contribution is -2.30. The minimum absolute atomic E-state index is 0.112. The van der Waals surface area contributed by atoms with Gasteiger partial charge in [0.15, 0.2) is 11.9 Å². The number of methoxy groups -OCH3 is 1. The molecule has 0 saturated carbocycles. The predicted octanol–water partition coefficient (Wildman–Crippen LogP) is 2.41. The molecule has 0 aliphatic rings. The van der Waals surface area contributed by atoms with E-state index in [1.54, 1.807) is 24.3 Å². The number of benzene rings is 1. The first kappa shape index (κ1) is 17.3. The number of carbonyl (C=O) groups is 3. The molecule has 0 saturated heterocycles. The van der Waals surface area contributed by atoms with Crippen LogP contribution in [0.15, 0.2) is 36.5 Å². The van der Waals surface area contributed by atoms with Crippen molar-refractivity contribution < 1.29 is 23.9 Å². The number of ketones is 1. The van der Waals surface area contributed by atoms with Crippen LogP contribution in [-0.4, -0.2) is 35.9 Å². The Bertz CT molecular complexity index is 766. The van der Waals surface area contributed by atoms with Crippen LogP contribution in [0.2, 0.25) is 0 Å². The van der Waals surface area contributed by atoms with Crippen LogP contribution in [0.3, 0.4) is 0 Å². The maximum atomic E-state index is 12.1. The molecule has 0 bridgehead atoms. The van der Waals surface area contributed by atoms with Crippen LogP contribution in [-0.2, 0) is 9.53 Å². The highest BCUT2D eigenvalue weighted by atomic mass is 16.5. The highest BCUT2D eigenvalue weighted by Crippen LogP contribution is 2.17. The van der Waals surface area contributed by atoms with E-state index in [1.165, 1.54) is 33.2 Å². The molecule has 0 radical (unpaired) electrons. The highest BCUT2D eigenvalue weighted by molar-refractivity contribution is 5.99. The van der Waals surface area contributed by atoms with E-state index in [-0.39, 0.29) is 11.5 Å². The van der Waals surface area contributed by atoms with Gasteiger partial charge in [-0.1, -0.05) is 6.07 Å². The monoisotopic (exact) mass is 330 g/mol. The molecule has 0 fully saturated rings. The lowest BCUT2D eigenvalue weighted by Gasteiger charge is -2.13. The first-order valence-corrected chi connectivity index (χ1v) is 7.26. The van der Waals surface area contributed by atoms with E-state index in [9.17, 15) is 14.4 Å². The summed E-state index contributed by atoms with van der Waals surface area (Å²) in [4.78, 5) is 38.0. The van der Waals surface area contributed by atoms with E-state index >= 15 is 0 Å². The fourth-order valence-corrected chi connectivity index (χ4v) is 1.94.